The first-order chi connectivity index (χ1) is 7.11. The molecule has 2 aliphatic carbocycles. The standard InChI is InChI=1S/C11H16N4/c1-10-4-8-7-3-6(10)9(12-14-10)5-11(7,2)15-13-8/h6-9H,3-5H2,1-2H3/t6-,7-,8+,9+,10-,11-/m0/s1. The fraction of sp³-hybridized carbons (Fsp3) is 1.00. The molecule has 0 N–H and O–H groups in total. The van der Waals surface area contributed by atoms with Gasteiger partial charge >= 0.3 is 0 Å². The third-order valence-corrected chi connectivity index (χ3v) is 5.15. The first kappa shape index (κ1) is 8.36. The number of hydrogen-bond donors (Lipinski definition) is 0. The number of azo groups is 2. The lowest BCUT2D eigenvalue weighted by Gasteiger charge is -2.48. The van der Waals surface area contributed by atoms with Gasteiger partial charge in [-0.25, -0.2) is 0 Å². The van der Waals surface area contributed by atoms with E-state index >= 15 is 0 Å². The maximum absolute atomic E-state index is 4.54. The van der Waals surface area contributed by atoms with Crippen molar-refractivity contribution in [2.75, 3.05) is 0 Å². The van der Waals surface area contributed by atoms with Gasteiger partial charge in [0.1, 0.15) is 0 Å². The van der Waals surface area contributed by atoms with Crippen molar-refractivity contribution >= 4 is 0 Å². The van der Waals surface area contributed by atoms with E-state index in [1.165, 1.54) is 6.42 Å². The maximum atomic E-state index is 4.54. The fourth-order valence-electron chi connectivity index (χ4n) is 4.24. The van der Waals surface area contributed by atoms with E-state index in [1.54, 1.807) is 0 Å². The van der Waals surface area contributed by atoms with E-state index in [1.807, 2.05) is 0 Å². The summed E-state index contributed by atoms with van der Waals surface area (Å²) in [4.78, 5) is 0. The van der Waals surface area contributed by atoms with Gasteiger partial charge in [0.25, 0.3) is 0 Å². The third kappa shape index (κ3) is 0.810. The minimum absolute atomic E-state index is 0.0799. The molecular weight excluding hydrogens is 188 g/mol. The van der Waals surface area contributed by atoms with Crippen LogP contribution in [0.4, 0.5) is 0 Å². The number of rotatable bonds is 0. The Bertz CT molecular complexity index is 354. The van der Waals surface area contributed by atoms with Gasteiger partial charge in [-0.15, -0.1) is 0 Å². The molecule has 0 radical (unpaired) electrons. The van der Waals surface area contributed by atoms with E-state index in [0.717, 1.165) is 12.8 Å². The second-order valence-electron chi connectivity index (χ2n) is 6.14. The molecule has 0 aromatic rings. The molecule has 2 aliphatic heterocycles. The van der Waals surface area contributed by atoms with Crippen molar-refractivity contribution in [1.29, 1.82) is 0 Å². The summed E-state index contributed by atoms with van der Waals surface area (Å²) in [5.41, 5.74) is 0.160. The minimum atomic E-state index is 0.0799. The average molecular weight is 204 g/mol. The van der Waals surface area contributed by atoms with Crippen molar-refractivity contribution in [3.8, 4) is 0 Å². The Morgan fingerprint density at radius 3 is 1.80 bits per heavy atom. The van der Waals surface area contributed by atoms with Crippen molar-refractivity contribution in [2.24, 2.45) is 32.3 Å². The van der Waals surface area contributed by atoms with Crippen LogP contribution >= 0.6 is 0 Å². The molecular formula is C11H16N4. The van der Waals surface area contributed by atoms with Crippen LogP contribution in [0, 0.1) is 11.8 Å². The van der Waals surface area contributed by atoms with Crippen molar-refractivity contribution in [2.45, 2.75) is 56.3 Å². The predicted molar refractivity (Wildman–Crippen MR) is 54.9 cm³/mol. The van der Waals surface area contributed by atoms with Gasteiger partial charge in [0.15, 0.2) is 0 Å². The van der Waals surface area contributed by atoms with Crippen molar-refractivity contribution in [1.82, 2.24) is 0 Å². The van der Waals surface area contributed by atoms with E-state index in [2.05, 4.69) is 34.3 Å². The quantitative estimate of drug-likeness (QED) is 0.582. The van der Waals surface area contributed by atoms with Crippen LogP contribution in [-0.2, 0) is 0 Å². The van der Waals surface area contributed by atoms with Crippen LogP contribution in [0.5, 0.6) is 0 Å². The molecule has 2 bridgehead atoms. The van der Waals surface area contributed by atoms with Gasteiger partial charge < -0.3 is 0 Å². The molecule has 4 rings (SSSR count). The van der Waals surface area contributed by atoms with Gasteiger partial charge in [-0.05, 0) is 33.1 Å². The third-order valence-electron chi connectivity index (χ3n) is 5.15. The van der Waals surface area contributed by atoms with E-state index < -0.39 is 0 Å². The molecule has 0 amide bonds. The highest BCUT2D eigenvalue weighted by Gasteiger charge is 2.62. The van der Waals surface area contributed by atoms with E-state index in [4.69, 9.17) is 0 Å². The Hall–Kier alpha value is -0.800. The molecule has 6 atom stereocenters. The molecule has 0 unspecified atom stereocenters. The van der Waals surface area contributed by atoms with Crippen molar-refractivity contribution in [3.63, 3.8) is 0 Å². The van der Waals surface area contributed by atoms with Crippen LogP contribution in [0.1, 0.15) is 33.1 Å². The molecule has 4 nitrogen and oxygen atoms in total. The van der Waals surface area contributed by atoms with Crippen LogP contribution < -0.4 is 0 Å². The highest BCUT2D eigenvalue weighted by molar-refractivity contribution is 5.19. The molecule has 4 aliphatic rings. The van der Waals surface area contributed by atoms with Gasteiger partial charge in [-0.3, -0.25) is 0 Å². The smallest absolute Gasteiger partial charge is 0.0858 e. The predicted octanol–water partition coefficient (Wildman–Crippen LogP) is 2.60. The lowest BCUT2D eigenvalue weighted by atomic mass is 9.56. The molecule has 4 heteroatoms. The van der Waals surface area contributed by atoms with Gasteiger partial charge in [0.2, 0.25) is 0 Å². The average Bonchev–Trinajstić information content (AvgIpc) is 2.70. The van der Waals surface area contributed by atoms with Gasteiger partial charge in [-0.1, -0.05) is 0 Å². The Balaban J connectivity index is 1.86. The fourth-order valence-corrected chi connectivity index (χ4v) is 4.24. The molecule has 80 valence electrons. The Morgan fingerprint density at radius 2 is 1.33 bits per heavy atom. The second kappa shape index (κ2) is 2.15. The first-order valence-corrected chi connectivity index (χ1v) is 5.95. The highest BCUT2D eigenvalue weighted by Crippen LogP contribution is 2.59. The topological polar surface area (TPSA) is 49.4 Å². The van der Waals surface area contributed by atoms with Crippen LogP contribution in [-0.4, -0.2) is 23.2 Å². The number of nitrogens with zero attached hydrogens (tertiary/aromatic N) is 4. The zero-order chi connectivity index (χ0) is 10.3. The van der Waals surface area contributed by atoms with E-state index in [-0.39, 0.29) is 11.1 Å². The Morgan fingerprint density at radius 1 is 0.867 bits per heavy atom. The molecule has 2 saturated carbocycles. The minimum Gasteiger partial charge on any atom is -0.190 e. The van der Waals surface area contributed by atoms with Gasteiger partial charge in [0.05, 0.1) is 23.2 Å². The maximum Gasteiger partial charge on any atom is 0.0858 e. The molecule has 0 spiro atoms. The van der Waals surface area contributed by atoms with E-state index in [0.29, 0.717) is 23.9 Å². The first-order valence-electron chi connectivity index (χ1n) is 5.95. The largest absolute Gasteiger partial charge is 0.190 e. The molecule has 2 fully saturated rings. The summed E-state index contributed by atoms with van der Waals surface area (Å²) in [6.07, 6.45) is 3.38. The number of hydrogen-bond acceptors (Lipinski definition) is 4. The van der Waals surface area contributed by atoms with Crippen LogP contribution in [0.3, 0.4) is 0 Å². The van der Waals surface area contributed by atoms with Crippen LogP contribution in [0.25, 0.3) is 0 Å². The summed E-state index contributed by atoms with van der Waals surface area (Å²) < 4.78 is 0. The molecule has 0 aromatic heterocycles. The normalized spacial score (nSPS) is 63.9. The highest BCUT2D eigenvalue weighted by atomic mass is 15.3. The lowest BCUT2D eigenvalue weighted by molar-refractivity contribution is 0.0666. The summed E-state index contributed by atoms with van der Waals surface area (Å²) in [5, 5.41) is 18.1. The molecule has 15 heavy (non-hydrogen) atoms. The lowest BCUT2D eigenvalue weighted by Crippen LogP contribution is -2.55. The van der Waals surface area contributed by atoms with E-state index in [9.17, 15) is 0 Å². The SMILES string of the molecule is C[C@@]12C[C@H]3N=N[C@@]4(C)C[C@@H](N=N1)[C@@H]2C[C@@H]34. The van der Waals surface area contributed by atoms with Crippen LogP contribution in [0.2, 0.25) is 0 Å². The van der Waals surface area contributed by atoms with Gasteiger partial charge in [0, 0.05) is 11.8 Å². The second-order valence-corrected chi connectivity index (χ2v) is 6.14. The van der Waals surface area contributed by atoms with Crippen molar-refractivity contribution < 1.29 is 0 Å². The summed E-state index contributed by atoms with van der Waals surface area (Å²) in [5.74, 6) is 1.35. The van der Waals surface area contributed by atoms with Gasteiger partial charge in [-0.2, -0.15) is 20.5 Å². The summed E-state index contributed by atoms with van der Waals surface area (Å²) >= 11 is 0. The Kier molecular flexibility index (Phi) is 1.20. The molecule has 0 saturated heterocycles. The Labute approximate surface area is 89.3 Å². The molecule has 0 aromatic carbocycles. The summed E-state index contributed by atoms with van der Waals surface area (Å²) in [6, 6.07) is 0.850. The summed E-state index contributed by atoms with van der Waals surface area (Å²) in [6.45, 7) is 4.52. The molecule has 2 heterocycles. The van der Waals surface area contributed by atoms with Crippen LogP contribution in [0.15, 0.2) is 20.5 Å². The monoisotopic (exact) mass is 204 g/mol. The zero-order valence-corrected chi connectivity index (χ0v) is 9.22. The van der Waals surface area contributed by atoms with Crippen molar-refractivity contribution in [3.05, 3.63) is 0 Å². The summed E-state index contributed by atoms with van der Waals surface area (Å²) in [7, 11) is 0. The zero-order valence-electron chi connectivity index (χ0n) is 9.22.